The molecule has 1 unspecified atom stereocenters. The van der Waals surface area contributed by atoms with Gasteiger partial charge in [0.25, 0.3) is 11.6 Å². The van der Waals surface area contributed by atoms with Crippen LogP contribution in [0.2, 0.25) is 0 Å². The molecule has 0 aliphatic heterocycles. The van der Waals surface area contributed by atoms with Crippen molar-refractivity contribution in [2.45, 2.75) is 13.0 Å². The van der Waals surface area contributed by atoms with Crippen LogP contribution in [0.15, 0.2) is 63.8 Å². The van der Waals surface area contributed by atoms with E-state index in [1.54, 1.807) is 18.2 Å². The van der Waals surface area contributed by atoms with Crippen LogP contribution in [-0.4, -0.2) is 29.5 Å². The molecule has 10 nitrogen and oxygen atoms in total. The standard InChI is InChI=1S/C20H16N2O8/c1-12(20(25)21-14-4-6-15(7-5-14)22(26)27)29-19(24)11-28-16-8-2-13-3-9-18(23)30-17(13)10-16/h2-10,12H,11H2,1H3,(H,21,25). The van der Waals surface area contributed by atoms with Gasteiger partial charge in [0.2, 0.25) is 0 Å². The number of nitro benzene ring substituents is 1. The van der Waals surface area contributed by atoms with Gasteiger partial charge in [-0.1, -0.05) is 0 Å². The lowest BCUT2D eigenvalue weighted by atomic mass is 10.2. The number of hydrogen-bond acceptors (Lipinski definition) is 8. The van der Waals surface area contributed by atoms with Crippen molar-refractivity contribution in [3.8, 4) is 5.75 Å². The zero-order valence-corrected chi connectivity index (χ0v) is 15.7. The van der Waals surface area contributed by atoms with E-state index >= 15 is 0 Å². The molecule has 3 aromatic rings. The number of fused-ring (bicyclic) bond motifs is 1. The maximum absolute atomic E-state index is 12.1. The number of rotatable bonds is 7. The van der Waals surface area contributed by atoms with Crippen LogP contribution in [0.4, 0.5) is 11.4 Å². The number of benzene rings is 2. The second-order valence-electron chi connectivity index (χ2n) is 6.17. The first-order valence-corrected chi connectivity index (χ1v) is 8.73. The van der Waals surface area contributed by atoms with Crippen molar-refractivity contribution in [3.63, 3.8) is 0 Å². The molecule has 3 rings (SSSR count). The number of anilines is 1. The molecule has 1 aromatic heterocycles. The van der Waals surface area contributed by atoms with Crippen molar-refractivity contribution in [1.82, 2.24) is 0 Å². The van der Waals surface area contributed by atoms with Gasteiger partial charge in [-0.25, -0.2) is 9.59 Å². The second kappa shape index (κ2) is 8.86. The summed E-state index contributed by atoms with van der Waals surface area (Å²) in [6.07, 6.45) is -1.12. The highest BCUT2D eigenvalue weighted by Crippen LogP contribution is 2.19. The molecule has 0 saturated heterocycles. The van der Waals surface area contributed by atoms with E-state index in [4.69, 9.17) is 13.9 Å². The van der Waals surface area contributed by atoms with Gasteiger partial charge < -0.3 is 19.2 Å². The van der Waals surface area contributed by atoms with Gasteiger partial charge in [0.15, 0.2) is 12.7 Å². The molecule has 0 fully saturated rings. The summed E-state index contributed by atoms with van der Waals surface area (Å²) in [7, 11) is 0. The fraction of sp³-hybridized carbons (Fsp3) is 0.150. The van der Waals surface area contributed by atoms with Crippen LogP contribution >= 0.6 is 0 Å². The van der Waals surface area contributed by atoms with Gasteiger partial charge in [-0.3, -0.25) is 14.9 Å². The van der Waals surface area contributed by atoms with Crippen molar-refractivity contribution < 1.29 is 28.4 Å². The summed E-state index contributed by atoms with van der Waals surface area (Å²) in [5.41, 5.74) is 0.0103. The molecule has 2 aromatic carbocycles. The molecular formula is C20H16N2O8. The van der Waals surface area contributed by atoms with Crippen molar-refractivity contribution in [2.75, 3.05) is 11.9 Å². The molecule has 154 valence electrons. The second-order valence-corrected chi connectivity index (χ2v) is 6.17. The van der Waals surface area contributed by atoms with Crippen LogP contribution in [0.25, 0.3) is 11.0 Å². The number of hydrogen-bond donors (Lipinski definition) is 1. The molecule has 0 aliphatic carbocycles. The minimum Gasteiger partial charge on any atom is -0.482 e. The SMILES string of the molecule is CC(OC(=O)COc1ccc2ccc(=O)oc2c1)C(=O)Nc1ccc([N+](=O)[O-])cc1. The maximum atomic E-state index is 12.1. The third-order valence-electron chi connectivity index (χ3n) is 3.97. The molecule has 30 heavy (non-hydrogen) atoms. The quantitative estimate of drug-likeness (QED) is 0.270. The number of non-ortho nitro benzene ring substituents is 1. The third kappa shape index (κ3) is 5.19. The molecule has 0 bridgehead atoms. The Hall–Kier alpha value is -4.21. The van der Waals surface area contributed by atoms with E-state index in [9.17, 15) is 24.5 Å². The number of carbonyl (C=O) groups is 2. The summed E-state index contributed by atoms with van der Waals surface area (Å²) in [6.45, 7) is 0.918. The fourth-order valence-corrected chi connectivity index (χ4v) is 2.47. The molecule has 1 heterocycles. The summed E-state index contributed by atoms with van der Waals surface area (Å²) in [5, 5.41) is 13.8. The number of amides is 1. The van der Waals surface area contributed by atoms with Gasteiger partial charge in [-0.15, -0.1) is 0 Å². The molecule has 10 heteroatoms. The summed E-state index contributed by atoms with van der Waals surface area (Å²) in [6, 6.07) is 12.8. The van der Waals surface area contributed by atoms with Crippen LogP contribution in [0.5, 0.6) is 5.75 Å². The van der Waals surface area contributed by atoms with Crippen LogP contribution in [0.3, 0.4) is 0 Å². The predicted octanol–water partition coefficient (Wildman–Crippen LogP) is 2.65. The zero-order chi connectivity index (χ0) is 21.7. The molecule has 1 atom stereocenters. The first-order chi connectivity index (χ1) is 14.3. The molecule has 0 spiro atoms. The van der Waals surface area contributed by atoms with Crippen LogP contribution in [0.1, 0.15) is 6.92 Å². The largest absolute Gasteiger partial charge is 0.482 e. The first-order valence-electron chi connectivity index (χ1n) is 8.73. The fourth-order valence-electron chi connectivity index (χ4n) is 2.47. The zero-order valence-electron chi connectivity index (χ0n) is 15.7. The number of ether oxygens (including phenoxy) is 2. The first kappa shape index (κ1) is 20.5. The van der Waals surface area contributed by atoms with Crippen LogP contribution < -0.4 is 15.7 Å². The van der Waals surface area contributed by atoms with Gasteiger partial charge in [-0.2, -0.15) is 0 Å². The number of carbonyl (C=O) groups excluding carboxylic acids is 2. The predicted molar refractivity (Wildman–Crippen MR) is 105 cm³/mol. The smallest absolute Gasteiger partial charge is 0.344 e. The van der Waals surface area contributed by atoms with Gasteiger partial charge in [-0.05, 0) is 37.3 Å². The van der Waals surface area contributed by atoms with Crippen molar-refractivity contribution >= 4 is 34.2 Å². The summed E-state index contributed by atoms with van der Waals surface area (Å²) in [4.78, 5) is 45.4. The lowest BCUT2D eigenvalue weighted by molar-refractivity contribution is -0.384. The Balaban J connectivity index is 1.51. The maximum Gasteiger partial charge on any atom is 0.344 e. The monoisotopic (exact) mass is 412 g/mol. The van der Waals surface area contributed by atoms with E-state index in [1.165, 1.54) is 43.3 Å². The Labute approximate surface area is 169 Å². The molecular weight excluding hydrogens is 396 g/mol. The minimum atomic E-state index is -1.12. The molecule has 1 amide bonds. The normalized spacial score (nSPS) is 11.5. The van der Waals surface area contributed by atoms with Gasteiger partial charge in [0.05, 0.1) is 4.92 Å². The Morgan fingerprint density at radius 2 is 1.83 bits per heavy atom. The number of nitrogens with zero attached hydrogens (tertiary/aromatic N) is 1. The Morgan fingerprint density at radius 3 is 2.53 bits per heavy atom. The minimum absolute atomic E-state index is 0.113. The Morgan fingerprint density at radius 1 is 1.13 bits per heavy atom. The van der Waals surface area contributed by atoms with Gasteiger partial charge >= 0.3 is 11.6 Å². The number of nitro groups is 1. The van der Waals surface area contributed by atoms with Crippen molar-refractivity contribution in [1.29, 1.82) is 0 Å². The van der Waals surface area contributed by atoms with E-state index in [2.05, 4.69) is 5.32 Å². The third-order valence-corrected chi connectivity index (χ3v) is 3.97. The lowest BCUT2D eigenvalue weighted by Gasteiger charge is -2.14. The van der Waals surface area contributed by atoms with E-state index in [-0.39, 0.29) is 11.4 Å². The molecule has 1 N–H and O–H groups in total. The van der Waals surface area contributed by atoms with E-state index < -0.39 is 35.1 Å². The Kier molecular flexibility index (Phi) is 6.06. The Bertz CT molecular complexity index is 1150. The number of esters is 1. The van der Waals surface area contributed by atoms with Crippen molar-refractivity contribution in [3.05, 3.63) is 75.1 Å². The van der Waals surface area contributed by atoms with Crippen molar-refractivity contribution in [2.24, 2.45) is 0 Å². The molecule has 0 aliphatic rings. The topological polar surface area (TPSA) is 138 Å². The van der Waals surface area contributed by atoms with E-state index in [0.717, 1.165) is 0 Å². The highest BCUT2D eigenvalue weighted by molar-refractivity contribution is 5.95. The highest BCUT2D eigenvalue weighted by atomic mass is 16.6. The van der Waals surface area contributed by atoms with Gasteiger partial charge in [0, 0.05) is 35.3 Å². The number of nitrogens with one attached hydrogen (secondary N) is 1. The lowest BCUT2D eigenvalue weighted by Crippen LogP contribution is -2.31. The summed E-state index contributed by atoms with van der Waals surface area (Å²) < 4.78 is 15.4. The van der Waals surface area contributed by atoms with E-state index in [1.807, 2.05) is 0 Å². The summed E-state index contributed by atoms with van der Waals surface area (Å²) >= 11 is 0. The highest BCUT2D eigenvalue weighted by Gasteiger charge is 2.19. The van der Waals surface area contributed by atoms with Gasteiger partial charge in [0.1, 0.15) is 11.3 Å². The van der Waals surface area contributed by atoms with E-state index in [0.29, 0.717) is 16.7 Å². The summed E-state index contributed by atoms with van der Waals surface area (Å²) in [5.74, 6) is -1.10. The molecule has 0 saturated carbocycles. The average molecular weight is 412 g/mol. The van der Waals surface area contributed by atoms with Crippen LogP contribution in [0, 0.1) is 10.1 Å². The molecule has 0 radical (unpaired) electrons. The average Bonchev–Trinajstić information content (AvgIpc) is 2.72. The van der Waals surface area contributed by atoms with Crippen LogP contribution in [-0.2, 0) is 14.3 Å².